The number of hydrogen-bond donors (Lipinski definition) is 1. The molecule has 34 heavy (non-hydrogen) atoms. The Kier molecular flexibility index (Phi) is 5.93. The third-order valence-corrected chi connectivity index (χ3v) is 6.32. The second kappa shape index (κ2) is 8.90. The predicted molar refractivity (Wildman–Crippen MR) is 130 cm³/mol. The maximum Gasteiger partial charge on any atom is 0.410 e. The first-order valence-electron chi connectivity index (χ1n) is 12.0. The van der Waals surface area contributed by atoms with E-state index in [1.807, 2.05) is 45.0 Å². The highest BCUT2D eigenvalue weighted by atomic mass is 16.6. The van der Waals surface area contributed by atoms with Crippen molar-refractivity contribution in [2.75, 3.05) is 54.8 Å². The summed E-state index contributed by atoms with van der Waals surface area (Å²) in [6, 6.07) is 7.57. The van der Waals surface area contributed by atoms with Gasteiger partial charge in [0.25, 0.3) is 0 Å². The first-order chi connectivity index (χ1) is 16.2. The number of piperazine rings is 1. The van der Waals surface area contributed by atoms with E-state index < -0.39 is 5.60 Å². The van der Waals surface area contributed by atoms with Crippen LogP contribution in [-0.2, 0) is 9.47 Å². The van der Waals surface area contributed by atoms with E-state index in [2.05, 4.69) is 9.80 Å². The number of rotatable bonds is 3. The summed E-state index contributed by atoms with van der Waals surface area (Å²) in [5, 5.41) is 0. The largest absolute Gasteiger partial charge is 0.444 e. The van der Waals surface area contributed by atoms with Gasteiger partial charge in [0.1, 0.15) is 5.60 Å². The van der Waals surface area contributed by atoms with E-state index in [1.54, 1.807) is 4.90 Å². The monoisotopic (exact) mass is 467 g/mol. The van der Waals surface area contributed by atoms with Gasteiger partial charge in [-0.05, 0) is 57.9 Å². The summed E-state index contributed by atoms with van der Waals surface area (Å²) in [5.41, 5.74) is 6.96. The van der Waals surface area contributed by atoms with Gasteiger partial charge in [-0.3, -0.25) is 0 Å². The van der Waals surface area contributed by atoms with Gasteiger partial charge in [-0.15, -0.1) is 0 Å². The number of benzene rings is 1. The molecule has 10 nitrogen and oxygen atoms in total. The summed E-state index contributed by atoms with van der Waals surface area (Å²) in [6.45, 7) is 9.55. The van der Waals surface area contributed by atoms with Gasteiger partial charge in [-0.25, -0.2) is 4.79 Å². The van der Waals surface area contributed by atoms with Crippen LogP contribution in [0.1, 0.15) is 33.6 Å². The Morgan fingerprint density at radius 1 is 0.941 bits per heavy atom. The van der Waals surface area contributed by atoms with E-state index in [4.69, 9.17) is 30.2 Å². The first-order valence-corrected chi connectivity index (χ1v) is 12.0. The van der Waals surface area contributed by atoms with E-state index in [0.717, 1.165) is 31.5 Å². The Balaban J connectivity index is 1.38. The molecule has 2 unspecified atom stereocenters. The molecule has 4 heterocycles. The number of anilines is 3. The van der Waals surface area contributed by atoms with Crippen molar-refractivity contribution in [1.82, 2.24) is 19.9 Å². The van der Waals surface area contributed by atoms with Crippen LogP contribution in [0.5, 0.6) is 0 Å². The Hall–Kier alpha value is -3.14. The van der Waals surface area contributed by atoms with Crippen molar-refractivity contribution in [2.45, 2.75) is 51.4 Å². The zero-order valence-electron chi connectivity index (χ0n) is 20.1. The molecule has 2 aromatic rings. The number of nitrogens with zero attached hydrogens (tertiary/aromatic N) is 6. The lowest BCUT2D eigenvalue weighted by Gasteiger charge is -2.36. The Labute approximate surface area is 200 Å². The summed E-state index contributed by atoms with van der Waals surface area (Å²) in [6.07, 6.45) is 2.34. The minimum atomic E-state index is -0.511. The van der Waals surface area contributed by atoms with Gasteiger partial charge in [-0.2, -0.15) is 15.0 Å². The van der Waals surface area contributed by atoms with Crippen molar-refractivity contribution in [3.63, 3.8) is 0 Å². The normalized spacial score (nSPS) is 22.7. The Bertz CT molecular complexity index is 1020. The van der Waals surface area contributed by atoms with E-state index in [9.17, 15) is 4.79 Å². The molecule has 1 aromatic carbocycles. The quantitative estimate of drug-likeness (QED) is 0.681. The highest BCUT2D eigenvalue weighted by Gasteiger charge is 2.35. The van der Waals surface area contributed by atoms with Crippen molar-refractivity contribution >= 4 is 23.7 Å². The molecule has 0 saturated carbocycles. The van der Waals surface area contributed by atoms with Crippen molar-refractivity contribution < 1.29 is 14.3 Å². The first kappa shape index (κ1) is 22.6. The topological polar surface area (TPSA) is 110 Å². The number of aromatic nitrogens is 3. The molecule has 0 spiro atoms. The number of hydrogen-bond acceptors (Lipinski definition) is 9. The number of amides is 1. The molecule has 3 aliphatic rings. The van der Waals surface area contributed by atoms with Crippen LogP contribution < -0.4 is 15.5 Å². The number of carbonyl (C=O) groups is 1. The molecular weight excluding hydrogens is 434 g/mol. The van der Waals surface area contributed by atoms with Gasteiger partial charge in [0.15, 0.2) is 5.82 Å². The maximum atomic E-state index is 12.5. The number of carbonyl (C=O) groups excluding carboxylic acids is 1. The molecule has 5 rings (SSSR count). The fraction of sp³-hybridized carbons (Fsp3) is 0.583. The summed E-state index contributed by atoms with van der Waals surface area (Å²) in [7, 11) is 0. The highest BCUT2D eigenvalue weighted by molar-refractivity contribution is 5.68. The molecule has 1 amide bonds. The lowest BCUT2D eigenvalue weighted by molar-refractivity contribution is 0.0240. The molecule has 2 N–H and O–H groups in total. The van der Waals surface area contributed by atoms with Crippen LogP contribution in [0.2, 0.25) is 0 Å². The van der Waals surface area contributed by atoms with Crippen LogP contribution >= 0.6 is 0 Å². The lowest BCUT2D eigenvalue weighted by atomic mass is 10.2. The molecule has 0 aliphatic carbocycles. The van der Waals surface area contributed by atoms with Gasteiger partial charge in [0.05, 0.1) is 12.2 Å². The molecule has 3 aliphatic heterocycles. The third-order valence-electron chi connectivity index (χ3n) is 6.32. The molecule has 3 saturated heterocycles. The molecule has 1 aromatic heterocycles. The molecule has 182 valence electrons. The van der Waals surface area contributed by atoms with Crippen LogP contribution in [0.4, 0.5) is 22.4 Å². The van der Waals surface area contributed by atoms with Gasteiger partial charge in [0.2, 0.25) is 11.9 Å². The van der Waals surface area contributed by atoms with Crippen molar-refractivity contribution in [2.24, 2.45) is 0 Å². The number of fused-ring (bicyclic) bond motifs is 2. The second-order valence-electron chi connectivity index (χ2n) is 10.2. The van der Waals surface area contributed by atoms with Crippen molar-refractivity contribution in [1.29, 1.82) is 0 Å². The number of morpholine rings is 1. The van der Waals surface area contributed by atoms with E-state index >= 15 is 0 Å². The van der Waals surface area contributed by atoms with Crippen LogP contribution in [-0.4, -0.2) is 83.0 Å². The van der Waals surface area contributed by atoms with Gasteiger partial charge in [-0.1, -0.05) is 0 Å². The summed E-state index contributed by atoms with van der Waals surface area (Å²) < 4.78 is 11.5. The fourth-order valence-electron chi connectivity index (χ4n) is 4.59. The third kappa shape index (κ3) is 5.01. The standard InChI is InChI=1S/C24H33N7O3/c1-24(2,3)34-23(32)30-12-10-29(11-13-30)21-26-20(16-4-6-17(25)7-5-16)27-22(28-21)31-14-18-8-9-19(15-31)33-18/h4-7,18-19H,8-15,25H2,1-3H3. The van der Waals surface area contributed by atoms with Gasteiger partial charge >= 0.3 is 6.09 Å². The van der Waals surface area contributed by atoms with Crippen LogP contribution in [0.3, 0.4) is 0 Å². The molecule has 2 bridgehead atoms. The maximum absolute atomic E-state index is 12.5. The van der Waals surface area contributed by atoms with Crippen molar-refractivity contribution in [3.8, 4) is 11.4 Å². The molecule has 10 heteroatoms. The fourth-order valence-corrected chi connectivity index (χ4v) is 4.59. The summed E-state index contributed by atoms with van der Waals surface area (Å²) >= 11 is 0. The van der Waals surface area contributed by atoms with Gasteiger partial charge < -0.3 is 29.9 Å². The van der Waals surface area contributed by atoms with Crippen LogP contribution in [0, 0.1) is 0 Å². The lowest BCUT2D eigenvalue weighted by Crippen LogP contribution is -2.50. The van der Waals surface area contributed by atoms with E-state index in [0.29, 0.717) is 49.6 Å². The van der Waals surface area contributed by atoms with Crippen molar-refractivity contribution in [3.05, 3.63) is 24.3 Å². The zero-order valence-corrected chi connectivity index (χ0v) is 20.1. The predicted octanol–water partition coefficient (Wildman–Crippen LogP) is 2.55. The smallest absolute Gasteiger partial charge is 0.410 e. The van der Waals surface area contributed by atoms with E-state index in [1.165, 1.54) is 0 Å². The van der Waals surface area contributed by atoms with E-state index in [-0.39, 0.29) is 18.3 Å². The summed E-state index contributed by atoms with van der Waals surface area (Å²) in [4.78, 5) is 33.0. The minimum Gasteiger partial charge on any atom is -0.444 e. The minimum absolute atomic E-state index is 0.233. The Morgan fingerprint density at radius 2 is 1.53 bits per heavy atom. The van der Waals surface area contributed by atoms with Crippen LogP contribution in [0.15, 0.2) is 24.3 Å². The average molecular weight is 468 g/mol. The molecule has 2 atom stereocenters. The molecular formula is C24H33N7O3. The second-order valence-corrected chi connectivity index (χ2v) is 10.2. The van der Waals surface area contributed by atoms with Gasteiger partial charge in [0, 0.05) is 50.5 Å². The zero-order chi connectivity index (χ0) is 23.9. The Morgan fingerprint density at radius 3 is 2.12 bits per heavy atom. The number of ether oxygens (including phenoxy) is 2. The number of nitrogens with two attached hydrogens (primary N) is 1. The molecule has 0 radical (unpaired) electrons. The molecule has 3 fully saturated rings. The SMILES string of the molecule is CC(C)(C)OC(=O)N1CCN(c2nc(-c3ccc(N)cc3)nc(N3CC4CCC(C3)O4)n2)CC1. The van der Waals surface area contributed by atoms with Crippen LogP contribution in [0.25, 0.3) is 11.4 Å². The highest BCUT2D eigenvalue weighted by Crippen LogP contribution is 2.30. The average Bonchev–Trinajstić information content (AvgIpc) is 3.15. The number of nitrogen functional groups attached to an aromatic ring is 1. The summed E-state index contributed by atoms with van der Waals surface area (Å²) in [5.74, 6) is 1.92.